The van der Waals surface area contributed by atoms with E-state index in [0.717, 1.165) is 11.0 Å². The minimum Gasteiger partial charge on any atom is -0.507 e. The molecule has 6 nitrogen and oxygen atoms in total. The predicted octanol–water partition coefficient (Wildman–Crippen LogP) is 3.98. The van der Waals surface area contributed by atoms with Gasteiger partial charge in [-0.15, -0.1) is 0 Å². The van der Waals surface area contributed by atoms with Crippen molar-refractivity contribution in [2.24, 2.45) is 0 Å². The van der Waals surface area contributed by atoms with Crippen LogP contribution >= 0.6 is 23.4 Å². The fourth-order valence-electron chi connectivity index (χ4n) is 1.78. The molecular formula is C15H10ClN3O3S. The number of carbonyl (C=O) groups excluding carboxylic acids is 1. The minimum atomic E-state index is -0.483. The van der Waals surface area contributed by atoms with Crippen LogP contribution in [-0.4, -0.2) is 26.1 Å². The van der Waals surface area contributed by atoms with Crippen molar-refractivity contribution in [1.82, 2.24) is 15.2 Å². The second-order valence-corrected chi connectivity index (χ2v) is 5.99. The van der Waals surface area contributed by atoms with Crippen molar-refractivity contribution in [2.45, 2.75) is 9.79 Å². The van der Waals surface area contributed by atoms with E-state index in [9.17, 15) is 9.90 Å². The number of H-pyrrole nitrogens is 1. The van der Waals surface area contributed by atoms with Crippen molar-refractivity contribution in [3.05, 3.63) is 65.6 Å². The Kier molecular flexibility index (Phi) is 4.50. The van der Waals surface area contributed by atoms with Gasteiger partial charge in [-0.25, -0.2) is 4.98 Å². The SMILES string of the molecule is O=C(C=C(O)c1cocc1Sc1ccc(Cl)cc1)c1ncn[nH]1. The van der Waals surface area contributed by atoms with Crippen molar-refractivity contribution in [2.75, 3.05) is 0 Å². The summed E-state index contributed by atoms with van der Waals surface area (Å²) in [5, 5.41) is 16.8. The van der Waals surface area contributed by atoms with E-state index < -0.39 is 5.78 Å². The lowest BCUT2D eigenvalue weighted by atomic mass is 10.2. The van der Waals surface area contributed by atoms with E-state index in [4.69, 9.17) is 16.0 Å². The van der Waals surface area contributed by atoms with Crippen molar-refractivity contribution in [1.29, 1.82) is 0 Å². The van der Waals surface area contributed by atoms with Gasteiger partial charge in [0.2, 0.25) is 5.78 Å². The molecule has 116 valence electrons. The highest BCUT2D eigenvalue weighted by molar-refractivity contribution is 7.99. The summed E-state index contributed by atoms with van der Waals surface area (Å²) >= 11 is 7.24. The first-order chi connectivity index (χ1) is 11.1. The maximum absolute atomic E-state index is 11.9. The molecule has 0 spiro atoms. The molecule has 0 aliphatic carbocycles. The number of furan rings is 1. The van der Waals surface area contributed by atoms with Gasteiger partial charge in [-0.1, -0.05) is 23.4 Å². The lowest BCUT2D eigenvalue weighted by Crippen LogP contribution is -1.99. The normalized spacial score (nSPS) is 11.6. The van der Waals surface area contributed by atoms with Crippen LogP contribution in [-0.2, 0) is 0 Å². The highest BCUT2D eigenvalue weighted by Crippen LogP contribution is 2.34. The number of ketones is 1. The number of halogens is 1. The standard InChI is InChI=1S/C15H10ClN3O3S/c16-9-1-3-10(4-2-9)23-14-7-22-6-11(14)12(20)5-13(21)15-17-8-18-19-15/h1-8,20H,(H,17,18,19). The fraction of sp³-hybridized carbons (Fsp3) is 0. The zero-order valence-electron chi connectivity index (χ0n) is 11.6. The van der Waals surface area contributed by atoms with Gasteiger partial charge >= 0.3 is 0 Å². The Labute approximate surface area is 140 Å². The van der Waals surface area contributed by atoms with Crippen molar-refractivity contribution in [3.8, 4) is 0 Å². The highest BCUT2D eigenvalue weighted by atomic mass is 35.5. The molecule has 0 unspecified atom stereocenters. The molecule has 3 rings (SSSR count). The lowest BCUT2D eigenvalue weighted by Gasteiger charge is -2.02. The number of hydrogen-bond donors (Lipinski definition) is 2. The van der Waals surface area contributed by atoms with Crippen LogP contribution in [0.15, 0.2) is 63.4 Å². The number of nitrogens with one attached hydrogen (secondary N) is 1. The minimum absolute atomic E-state index is 0.0481. The Morgan fingerprint density at radius 1 is 1.30 bits per heavy atom. The molecular weight excluding hydrogens is 338 g/mol. The molecule has 0 amide bonds. The average molecular weight is 348 g/mol. The highest BCUT2D eigenvalue weighted by Gasteiger charge is 2.14. The zero-order valence-corrected chi connectivity index (χ0v) is 13.1. The van der Waals surface area contributed by atoms with Gasteiger partial charge in [-0.3, -0.25) is 9.89 Å². The molecule has 3 aromatic rings. The van der Waals surface area contributed by atoms with Gasteiger partial charge in [0.05, 0.1) is 10.5 Å². The second-order valence-electron chi connectivity index (χ2n) is 4.43. The van der Waals surface area contributed by atoms with E-state index in [0.29, 0.717) is 15.5 Å². The summed E-state index contributed by atoms with van der Waals surface area (Å²) in [4.78, 5) is 17.2. The van der Waals surface area contributed by atoms with E-state index in [-0.39, 0.29) is 11.6 Å². The molecule has 0 aliphatic heterocycles. The fourth-order valence-corrected chi connectivity index (χ4v) is 2.79. The monoisotopic (exact) mass is 347 g/mol. The summed E-state index contributed by atoms with van der Waals surface area (Å²) in [7, 11) is 0. The third-order valence-electron chi connectivity index (χ3n) is 2.86. The van der Waals surface area contributed by atoms with Gasteiger partial charge in [0.25, 0.3) is 0 Å². The van der Waals surface area contributed by atoms with E-state index >= 15 is 0 Å². The summed E-state index contributed by atoms with van der Waals surface area (Å²) in [5.74, 6) is -0.646. The quantitative estimate of drug-likeness (QED) is 0.412. The summed E-state index contributed by atoms with van der Waals surface area (Å²) in [6, 6.07) is 7.24. The van der Waals surface area contributed by atoms with E-state index in [2.05, 4.69) is 15.2 Å². The first kappa shape index (κ1) is 15.4. The molecule has 23 heavy (non-hydrogen) atoms. The number of benzene rings is 1. The van der Waals surface area contributed by atoms with Crippen molar-refractivity contribution >= 4 is 34.9 Å². The third kappa shape index (κ3) is 3.64. The Hall–Kier alpha value is -2.51. The van der Waals surface area contributed by atoms with Gasteiger partial charge in [0, 0.05) is 16.0 Å². The molecule has 2 aromatic heterocycles. The van der Waals surface area contributed by atoms with Crippen LogP contribution < -0.4 is 0 Å². The Morgan fingerprint density at radius 2 is 2.09 bits per heavy atom. The largest absolute Gasteiger partial charge is 0.507 e. The van der Waals surface area contributed by atoms with E-state index in [1.54, 1.807) is 12.1 Å². The van der Waals surface area contributed by atoms with Gasteiger partial charge < -0.3 is 9.52 Å². The van der Waals surface area contributed by atoms with E-state index in [1.807, 2.05) is 12.1 Å². The number of aliphatic hydroxyl groups is 1. The molecule has 0 aliphatic rings. The molecule has 0 fully saturated rings. The number of nitrogens with zero attached hydrogens (tertiary/aromatic N) is 2. The summed E-state index contributed by atoms with van der Waals surface area (Å²) in [6.07, 6.45) is 5.16. The lowest BCUT2D eigenvalue weighted by molar-refractivity contribution is 0.103. The number of rotatable bonds is 5. The molecule has 0 saturated heterocycles. The Morgan fingerprint density at radius 3 is 2.78 bits per heavy atom. The smallest absolute Gasteiger partial charge is 0.226 e. The summed E-state index contributed by atoms with van der Waals surface area (Å²) in [5.41, 5.74) is 0.415. The maximum Gasteiger partial charge on any atom is 0.226 e. The van der Waals surface area contributed by atoms with Crippen LogP contribution in [0.2, 0.25) is 5.02 Å². The number of aliphatic hydroxyl groups excluding tert-OH is 1. The molecule has 8 heteroatoms. The summed E-state index contributed by atoms with van der Waals surface area (Å²) < 4.78 is 5.14. The number of aromatic nitrogens is 3. The van der Waals surface area contributed by atoms with Gasteiger partial charge in [-0.2, -0.15) is 5.10 Å². The second kappa shape index (κ2) is 6.72. The third-order valence-corrected chi connectivity index (χ3v) is 4.16. The van der Waals surface area contributed by atoms with Crippen LogP contribution in [0.4, 0.5) is 0 Å². The first-order valence-corrected chi connectivity index (χ1v) is 7.63. The maximum atomic E-state index is 11.9. The van der Waals surface area contributed by atoms with Crippen molar-refractivity contribution < 1.29 is 14.3 Å². The molecule has 0 atom stereocenters. The van der Waals surface area contributed by atoms with Crippen molar-refractivity contribution in [3.63, 3.8) is 0 Å². The molecule has 1 aromatic carbocycles. The number of allylic oxidation sites excluding steroid dienone is 1. The van der Waals surface area contributed by atoms with Gasteiger partial charge in [0.15, 0.2) is 5.82 Å². The molecule has 0 radical (unpaired) electrons. The van der Waals surface area contributed by atoms with E-state index in [1.165, 1.54) is 30.6 Å². The molecule has 0 bridgehead atoms. The zero-order chi connectivity index (χ0) is 16.2. The number of aromatic amines is 1. The van der Waals surface area contributed by atoms with Crippen LogP contribution in [0.1, 0.15) is 16.2 Å². The van der Waals surface area contributed by atoms with Crippen LogP contribution in [0, 0.1) is 0 Å². The van der Waals surface area contributed by atoms with Gasteiger partial charge in [-0.05, 0) is 24.3 Å². The Bertz CT molecular complexity index is 841. The molecule has 2 N–H and O–H groups in total. The van der Waals surface area contributed by atoms with Gasteiger partial charge in [0.1, 0.15) is 24.6 Å². The number of carbonyl (C=O) groups is 1. The Balaban J connectivity index is 1.82. The number of hydrogen-bond acceptors (Lipinski definition) is 6. The molecule has 0 saturated carbocycles. The summed E-state index contributed by atoms with van der Waals surface area (Å²) in [6.45, 7) is 0. The topological polar surface area (TPSA) is 92.0 Å². The predicted molar refractivity (Wildman–Crippen MR) is 85.6 cm³/mol. The molecule has 2 heterocycles. The van der Waals surface area contributed by atoms with Crippen LogP contribution in [0.25, 0.3) is 5.76 Å². The average Bonchev–Trinajstić information content (AvgIpc) is 3.20. The van der Waals surface area contributed by atoms with Crippen LogP contribution in [0.3, 0.4) is 0 Å². The first-order valence-electron chi connectivity index (χ1n) is 6.44. The van der Waals surface area contributed by atoms with Crippen LogP contribution in [0.5, 0.6) is 0 Å².